The maximum absolute atomic E-state index is 4.10. The van der Waals surface area contributed by atoms with Crippen molar-refractivity contribution in [3.8, 4) is 0 Å². The van der Waals surface area contributed by atoms with Crippen molar-refractivity contribution in [2.45, 2.75) is 40.5 Å². The Labute approximate surface area is 65.3 Å². The molecule has 0 fully saturated rings. The van der Waals surface area contributed by atoms with Crippen LogP contribution in [0.15, 0.2) is 12.2 Å². The Balaban J connectivity index is 3.89. The SMILES string of the molecule is C=C(C(C)C)C(CC)CC. The van der Waals surface area contributed by atoms with Gasteiger partial charge in [0.05, 0.1) is 0 Å². The van der Waals surface area contributed by atoms with Crippen LogP contribution in [0, 0.1) is 11.8 Å². The van der Waals surface area contributed by atoms with E-state index in [1.807, 2.05) is 0 Å². The fraction of sp³-hybridized carbons (Fsp3) is 0.800. The molecule has 0 spiro atoms. The second kappa shape index (κ2) is 4.54. The van der Waals surface area contributed by atoms with Gasteiger partial charge >= 0.3 is 0 Å². The Hall–Kier alpha value is -0.260. The molecule has 0 unspecified atom stereocenters. The highest BCUT2D eigenvalue weighted by molar-refractivity contribution is 5.02. The highest BCUT2D eigenvalue weighted by Gasteiger charge is 2.10. The van der Waals surface area contributed by atoms with Gasteiger partial charge in [-0.3, -0.25) is 0 Å². The van der Waals surface area contributed by atoms with Crippen LogP contribution in [-0.2, 0) is 0 Å². The van der Waals surface area contributed by atoms with Crippen molar-refractivity contribution in [2.75, 3.05) is 0 Å². The number of hydrogen-bond acceptors (Lipinski definition) is 0. The monoisotopic (exact) mass is 140 g/mol. The van der Waals surface area contributed by atoms with Crippen molar-refractivity contribution in [3.05, 3.63) is 12.2 Å². The van der Waals surface area contributed by atoms with E-state index in [0.717, 1.165) is 5.92 Å². The average Bonchev–Trinajstić information content (AvgIpc) is 1.90. The standard InChI is InChI=1S/C10H20/c1-6-10(7-2)9(5)8(3)4/h8,10H,5-7H2,1-4H3. The largest absolute Gasteiger partial charge is 0.0993 e. The molecule has 0 aromatic heterocycles. The van der Waals surface area contributed by atoms with Gasteiger partial charge in [0.1, 0.15) is 0 Å². The first-order valence-electron chi connectivity index (χ1n) is 4.32. The third-order valence-corrected chi connectivity index (χ3v) is 2.25. The van der Waals surface area contributed by atoms with E-state index in [0.29, 0.717) is 5.92 Å². The van der Waals surface area contributed by atoms with Gasteiger partial charge in [-0.2, -0.15) is 0 Å². The normalized spacial score (nSPS) is 11.0. The summed E-state index contributed by atoms with van der Waals surface area (Å²) in [6.07, 6.45) is 2.49. The van der Waals surface area contributed by atoms with Crippen LogP contribution >= 0.6 is 0 Å². The maximum atomic E-state index is 4.10. The lowest BCUT2D eigenvalue weighted by Gasteiger charge is -2.18. The van der Waals surface area contributed by atoms with Crippen LogP contribution in [0.5, 0.6) is 0 Å². The molecule has 0 heteroatoms. The van der Waals surface area contributed by atoms with Gasteiger partial charge in [0.15, 0.2) is 0 Å². The smallest absolute Gasteiger partial charge is 0.0209 e. The molecule has 0 saturated carbocycles. The summed E-state index contributed by atoms with van der Waals surface area (Å²) in [6.45, 7) is 13.0. The third kappa shape index (κ3) is 2.55. The molecule has 0 nitrogen and oxygen atoms in total. The first-order valence-corrected chi connectivity index (χ1v) is 4.32. The zero-order chi connectivity index (χ0) is 8.15. The van der Waals surface area contributed by atoms with Gasteiger partial charge in [-0.05, 0) is 24.7 Å². The first-order chi connectivity index (χ1) is 4.63. The number of hydrogen-bond donors (Lipinski definition) is 0. The molecule has 0 N–H and O–H groups in total. The number of rotatable bonds is 4. The molecule has 60 valence electrons. The fourth-order valence-electron chi connectivity index (χ4n) is 1.28. The van der Waals surface area contributed by atoms with E-state index in [2.05, 4.69) is 34.3 Å². The Kier molecular flexibility index (Phi) is 4.42. The van der Waals surface area contributed by atoms with E-state index in [9.17, 15) is 0 Å². The van der Waals surface area contributed by atoms with E-state index in [1.165, 1.54) is 18.4 Å². The van der Waals surface area contributed by atoms with Crippen LogP contribution in [0.4, 0.5) is 0 Å². The molecule has 0 radical (unpaired) electrons. The summed E-state index contributed by atoms with van der Waals surface area (Å²) in [4.78, 5) is 0. The zero-order valence-corrected chi connectivity index (χ0v) is 7.78. The molecular formula is C10H20. The van der Waals surface area contributed by atoms with E-state index in [-0.39, 0.29) is 0 Å². The average molecular weight is 140 g/mol. The molecule has 0 aromatic carbocycles. The Morgan fingerprint density at radius 3 is 1.70 bits per heavy atom. The molecule has 0 aliphatic heterocycles. The summed E-state index contributed by atoms with van der Waals surface area (Å²) in [5, 5.41) is 0. The van der Waals surface area contributed by atoms with Crippen molar-refractivity contribution in [3.63, 3.8) is 0 Å². The van der Waals surface area contributed by atoms with Crippen LogP contribution in [0.1, 0.15) is 40.5 Å². The van der Waals surface area contributed by atoms with Gasteiger partial charge < -0.3 is 0 Å². The minimum Gasteiger partial charge on any atom is -0.0993 e. The summed E-state index contributed by atoms with van der Waals surface area (Å²) in [7, 11) is 0. The molecule has 0 saturated heterocycles. The second-order valence-corrected chi connectivity index (χ2v) is 3.24. The molecule has 0 bridgehead atoms. The molecule has 0 atom stereocenters. The first kappa shape index (κ1) is 9.74. The summed E-state index contributed by atoms with van der Waals surface area (Å²) >= 11 is 0. The summed E-state index contributed by atoms with van der Waals surface area (Å²) in [5.74, 6) is 1.41. The Bertz CT molecular complexity index is 96.6. The predicted molar refractivity (Wildman–Crippen MR) is 48.1 cm³/mol. The van der Waals surface area contributed by atoms with Crippen LogP contribution in [0.3, 0.4) is 0 Å². The van der Waals surface area contributed by atoms with Crippen molar-refractivity contribution < 1.29 is 0 Å². The van der Waals surface area contributed by atoms with E-state index in [4.69, 9.17) is 0 Å². The van der Waals surface area contributed by atoms with Crippen LogP contribution < -0.4 is 0 Å². The Morgan fingerprint density at radius 2 is 1.60 bits per heavy atom. The molecule has 0 rings (SSSR count). The lowest BCUT2D eigenvalue weighted by atomic mass is 9.88. The molecule has 10 heavy (non-hydrogen) atoms. The lowest BCUT2D eigenvalue weighted by molar-refractivity contribution is 0.514. The van der Waals surface area contributed by atoms with Crippen molar-refractivity contribution >= 4 is 0 Å². The van der Waals surface area contributed by atoms with E-state index < -0.39 is 0 Å². The fourth-order valence-corrected chi connectivity index (χ4v) is 1.28. The van der Waals surface area contributed by atoms with Gasteiger partial charge in [0.25, 0.3) is 0 Å². The van der Waals surface area contributed by atoms with E-state index in [1.54, 1.807) is 0 Å². The lowest BCUT2D eigenvalue weighted by Crippen LogP contribution is -2.05. The van der Waals surface area contributed by atoms with Crippen LogP contribution in [0.2, 0.25) is 0 Å². The predicted octanol–water partition coefficient (Wildman–Crippen LogP) is 3.63. The molecular weight excluding hydrogens is 120 g/mol. The topological polar surface area (TPSA) is 0 Å². The second-order valence-electron chi connectivity index (χ2n) is 3.24. The molecule has 0 amide bonds. The minimum atomic E-state index is 0.657. The van der Waals surface area contributed by atoms with Gasteiger partial charge in [0, 0.05) is 0 Å². The molecule has 0 aliphatic rings. The van der Waals surface area contributed by atoms with Crippen molar-refractivity contribution in [2.24, 2.45) is 11.8 Å². The summed E-state index contributed by atoms with van der Waals surface area (Å²) in [5.41, 5.74) is 1.42. The van der Waals surface area contributed by atoms with E-state index >= 15 is 0 Å². The quantitative estimate of drug-likeness (QED) is 0.523. The minimum absolute atomic E-state index is 0.657. The molecule has 0 heterocycles. The van der Waals surface area contributed by atoms with Crippen molar-refractivity contribution in [1.82, 2.24) is 0 Å². The third-order valence-electron chi connectivity index (χ3n) is 2.25. The highest BCUT2D eigenvalue weighted by Crippen LogP contribution is 2.23. The van der Waals surface area contributed by atoms with Gasteiger partial charge in [-0.15, -0.1) is 0 Å². The molecule has 0 aromatic rings. The van der Waals surface area contributed by atoms with Crippen LogP contribution in [0.25, 0.3) is 0 Å². The number of allylic oxidation sites excluding steroid dienone is 1. The Morgan fingerprint density at radius 1 is 1.20 bits per heavy atom. The maximum Gasteiger partial charge on any atom is -0.0209 e. The highest BCUT2D eigenvalue weighted by atomic mass is 14.2. The van der Waals surface area contributed by atoms with Gasteiger partial charge in [0.2, 0.25) is 0 Å². The van der Waals surface area contributed by atoms with Gasteiger partial charge in [-0.1, -0.05) is 39.8 Å². The van der Waals surface area contributed by atoms with Gasteiger partial charge in [-0.25, -0.2) is 0 Å². The van der Waals surface area contributed by atoms with Crippen molar-refractivity contribution in [1.29, 1.82) is 0 Å². The summed E-state index contributed by atoms with van der Waals surface area (Å²) in [6, 6.07) is 0. The van der Waals surface area contributed by atoms with Crippen LogP contribution in [-0.4, -0.2) is 0 Å². The molecule has 0 aliphatic carbocycles. The zero-order valence-electron chi connectivity index (χ0n) is 7.78. The summed E-state index contributed by atoms with van der Waals surface area (Å²) < 4.78 is 0.